The number of hydrogen-bond acceptors (Lipinski definition) is 4. The first-order chi connectivity index (χ1) is 9.91. The highest BCUT2D eigenvalue weighted by molar-refractivity contribution is 7.15. The Bertz CT molecular complexity index is 613. The van der Waals surface area contributed by atoms with E-state index >= 15 is 0 Å². The minimum atomic E-state index is -4.55. The monoisotopic (exact) mass is 315 g/mol. The second kappa shape index (κ2) is 6.21. The van der Waals surface area contributed by atoms with E-state index in [0.29, 0.717) is 17.8 Å². The molecule has 0 fully saturated rings. The highest BCUT2D eigenvalue weighted by Gasteiger charge is 2.36. The van der Waals surface area contributed by atoms with Gasteiger partial charge in [-0.2, -0.15) is 13.2 Å². The summed E-state index contributed by atoms with van der Waals surface area (Å²) >= 11 is 0.312. The topological polar surface area (TPSA) is 54.9 Å². The second-order valence-electron chi connectivity index (χ2n) is 4.27. The maximum Gasteiger partial charge on any atom is 0.445 e. The molecule has 1 aromatic heterocycles. The molecule has 0 bridgehead atoms. The van der Waals surface area contributed by atoms with Crippen LogP contribution in [0.2, 0.25) is 0 Å². The third-order valence-electron chi connectivity index (χ3n) is 2.82. The molecule has 1 N–H and O–H groups in total. The van der Waals surface area contributed by atoms with Crippen LogP contribution in [0.5, 0.6) is 0 Å². The first-order valence-electron chi connectivity index (χ1n) is 6.18. The highest BCUT2D eigenvalue weighted by Crippen LogP contribution is 2.33. The summed E-state index contributed by atoms with van der Waals surface area (Å²) in [5.41, 5.74) is 0.804. The summed E-state index contributed by atoms with van der Waals surface area (Å²) < 4.78 is 37.3. The first-order valence-corrected chi connectivity index (χ1v) is 7.00. The van der Waals surface area contributed by atoms with Crippen molar-refractivity contribution in [3.8, 4) is 0 Å². The molecule has 2 aromatic rings. The van der Waals surface area contributed by atoms with Crippen molar-refractivity contribution >= 4 is 22.4 Å². The average Bonchev–Trinajstić information content (AvgIpc) is 2.89. The van der Waals surface area contributed by atoms with E-state index in [-0.39, 0.29) is 5.13 Å². The molecule has 2 rings (SSSR count). The number of benzene rings is 1. The predicted molar refractivity (Wildman–Crippen MR) is 73.0 cm³/mol. The van der Waals surface area contributed by atoms with Crippen molar-refractivity contribution in [1.29, 1.82) is 0 Å². The maximum atomic E-state index is 12.4. The number of rotatable bonds is 4. The van der Waals surface area contributed by atoms with Gasteiger partial charge in [-0.15, -0.1) is 10.2 Å². The van der Waals surface area contributed by atoms with Gasteiger partial charge in [0, 0.05) is 0 Å². The van der Waals surface area contributed by atoms with Crippen LogP contribution in [-0.2, 0) is 11.0 Å². The van der Waals surface area contributed by atoms with Crippen molar-refractivity contribution in [2.24, 2.45) is 0 Å². The molecule has 112 valence electrons. The summed E-state index contributed by atoms with van der Waals surface area (Å²) in [5, 5.41) is 7.54. The fourth-order valence-corrected chi connectivity index (χ4v) is 2.45. The Morgan fingerprint density at radius 2 is 1.95 bits per heavy atom. The Morgan fingerprint density at radius 3 is 2.48 bits per heavy atom. The van der Waals surface area contributed by atoms with E-state index in [0.717, 1.165) is 5.56 Å². The molecule has 0 aliphatic rings. The van der Waals surface area contributed by atoms with Crippen LogP contribution in [-0.4, -0.2) is 16.1 Å². The van der Waals surface area contributed by atoms with Crippen LogP contribution in [0.4, 0.5) is 18.3 Å². The number of nitrogens with one attached hydrogen (secondary N) is 1. The van der Waals surface area contributed by atoms with Crippen molar-refractivity contribution in [2.45, 2.75) is 25.4 Å². The minimum Gasteiger partial charge on any atom is -0.300 e. The molecule has 8 heteroatoms. The fraction of sp³-hybridized carbons (Fsp3) is 0.308. The van der Waals surface area contributed by atoms with Crippen molar-refractivity contribution in [1.82, 2.24) is 10.2 Å². The fourth-order valence-electron chi connectivity index (χ4n) is 1.84. The normalized spacial score (nSPS) is 13.0. The maximum absolute atomic E-state index is 12.4. The Morgan fingerprint density at radius 1 is 1.29 bits per heavy atom. The van der Waals surface area contributed by atoms with Crippen LogP contribution in [0, 0.1) is 0 Å². The molecule has 0 aliphatic heterocycles. The summed E-state index contributed by atoms with van der Waals surface area (Å²) in [6.45, 7) is 1.83. The lowest BCUT2D eigenvalue weighted by atomic mass is 9.96. The SMILES string of the molecule is CCC(C(=O)Nc1nnc(C(F)(F)F)s1)c1ccccc1. The molecule has 0 spiro atoms. The minimum absolute atomic E-state index is 0.151. The van der Waals surface area contributed by atoms with Crippen LogP contribution in [0.1, 0.15) is 29.8 Å². The van der Waals surface area contributed by atoms with Crippen LogP contribution in [0.3, 0.4) is 0 Å². The van der Waals surface area contributed by atoms with Crippen molar-refractivity contribution in [3.05, 3.63) is 40.9 Å². The zero-order chi connectivity index (χ0) is 15.5. The lowest BCUT2D eigenvalue weighted by molar-refractivity contribution is -0.138. The third-order valence-corrected chi connectivity index (χ3v) is 3.71. The van der Waals surface area contributed by atoms with Gasteiger partial charge < -0.3 is 0 Å². The standard InChI is InChI=1S/C13H12F3N3OS/c1-2-9(8-6-4-3-5-7-8)10(20)17-12-19-18-11(21-12)13(14,15)16/h3-7,9H,2H2,1H3,(H,17,19,20). The van der Waals surface area contributed by atoms with Gasteiger partial charge in [0.1, 0.15) is 0 Å². The first kappa shape index (κ1) is 15.4. The van der Waals surface area contributed by atoms with Gasteiger partial charge in [-0.3, -0.25) is 10.1 Å². The molecule has 4 nitrogen and oxygen atoms in total. The Kier molecular flexibility index (Phi) is 4.56. The highest BCUT2D eigenvalue weighted by atomic mass is 32.1. The summed E-state index contributed by atoms with van der Waals surface area (Å²) in [6.07, 6.45) is -4.02. The molecule has 21 heavy (non-hydrogen) atoms. The molecular formula is C13H12F3N3OS. The zero-order valence-electron chi connectivity index (χ0n) is 11.0. The predicted octanol–water partition coefficient (Wildman–Crippen LogP) is 3.69. The molecule has 0 radical (unpaired) electrons. The summed E-state index contributed by atoms with van der Waals surface area (Å²) in [6, 6.07) is 9.04. The van der Waals surface area contributed by atoms with E-state index in [4.69, 9.17) is 0 Å². The number of aromatic nitrogens is 2. The smallest absolute Gasteiger partial charge is 0.300 e. The Hall–Kier alpha value is -1.96. The Labute approximate surface area is 123 Å². The van der Waals surface area contributed by atoms with Crippen molar-refractivity contribution in [3.63, 3.8) is 0 Å². The molecule has 0 aliphatic carbocycles. The van der Waals surface area contributed by atoms with Crippen molar-refractivity contribution < 1.29 is 18.0 Å². The van der Waals surface area contributed by atoms with Gasteiger partial charge >= 0.3 is 6.18 Å². The summed E-state index contributed by atoms with van der Waals surface area (Å²) in [7, 11) is 0. The number of anilines is 1. The van der Waals surface area contributed by atoms with Gasteiger partial charge in [-0.05, 0) is 12.0 Å². The van der Waals surface area contributed by atoms with Gasteiger partial charge in [0.25, 0.3) is 0 Å². The number of alkyl halides is 3. The van der Waals surface area contributed by atoms with Crippen LogP contribution >= 0.6 is 11.3 Å². The van der Waals surface area contributed by atoms with Gasteiger partial charge in [0.15, 0.2) is 0 Å². The quantitative estimate of drug-likeness (QED) is 0.936. The molecule has 0 saturated heterocycles. The second-order valence-corrected chi connectivity index (χ2v) is 5.25. The van der Waals surface area contributed by atoms with E-state index in [1.807, 2.05) is 13.0 Å². The van der Waals surface area contributed by atoms with Crippen LogP contribution in [0.25, 0.3) is 0 Å². The molecule has 1 aromatic carbocycles. The van der Waals surface area contributed by atoms with E-state index in [1.165, 1.54) is 0 Å². The average molecular weight is 315 g/mol. The van der Waals surface area contributed by atoms with Gasteiger partial charge in [-0.25, -0.2) is 0 Å². The van der Waals surface area contributed by atoms with Crippen LogP contribution in [0.15, 0.2) is 30.3 Å². The molecule has 0 saturated carbocycles. The summed E-state index contributed by atoms with van der Waals surface area (Å²) in [4.78, 5) is 12.1. The number of carbonyl (C=O) groups is 1. The zero-order valence-corrected chi connectivity index (χ0v) is 11.8. The number of carbonyl (C=O) groups excluding carboxylic acids is 1. The van der Waals surface area contributed by atoms with Crippen LogP contribution < -0.4 is 5.32 Å². The molecule has 1 heterocycles. The number of hydrogen-bond donors (Lipinski definition) is 1. The van der Waals surface area contributed by atoms with Gasteiger partial charge in [0.2, 0.25) is 16.0 Å². The summed E-state index contributed by atoms with van der Waals surface area (Å²) in [5.74, 6) is -0.835. The van der Waals surface area contributed by atoms with E-state index < -0.39 is 23.0 Å². The molecular weight excluding hydrogens is 303 g/mol. The van der Waals surface area contributed by atoms with E-state index in [2.05, 4.69) is 15.5 Å². The number of amides is 1. The number of halogens is 3. The largest absolute Gasteiger partial charge is 0.445 e. The van der Waals surface area contributed by atoms with Crippen molar-refractivity contribution in [2.75, 3.05) is 5.32 Å². The van der Waals surface area contributed by atoms with E-state index in [9.17, 15) is 18.0 Å². The Balaban J connectivity index is 2.11. The number of nitrogens with zero attached hydrogens (tertiary/aromatic N) is 2. The lowest BCUT2D eigenvalue weighted by Gasteiger charge is -2.13. The molecule has 1 unspecified atom stereocenters. The molecule has 1 atom stereocenters. The third kappa shape index (κ3) is 3.78. The van der Waals surface area contributed by atoms with E-state index in [1.54, 1.807) is 24.3 Å². The van der Waals surface area contributed by atoms with Gasteiger partial charge in [-0.1, -0.05) is 48.6 Å². The van der Waals surface area contributed by atoms with Gasteiger partial charge in [0.05, 0.1) is 5.92 Å². The lowest BCUT2D eigenvalue weighted by Crippen LogP contribution is -2.20. The molecule has 1 amide bonds.